The zero-order valence-corrected chi connectivity index (χ0v) is 8.35. The predicted octanol–water partition coefficient (Wildman–Crippen LogP) is -0.0351. The zero-order chi connectivity index (χ0) is 9.78. The number of carbonyl (C=O) groups is 1. The first-order chi connectivity index (χ1) is 5.38. The summed E-state index contributed by atoms with van der Waals surface area (Å²) in [7, 11) is 3.76. The molecule has 0 fully saturated rings. The van der Waals surface area contributed by atoms with Gasteiger partial charge in [-0.3, -0.25) is 4.79 Å². The molecule has 0 saturated heterocycles. The van der Waals surface area contributed by atoms with Gasteiger partial charge in [-0.15, -0.1) is 0 Å². The smallest absolute Gasteiger partial charge is 0.306 e. The van der Waals surface area contributed by atoms with Crippen LogP contribution in [0.1, 0.15) is 6.42 Å². The lowest BCUT2D eigenvalue weighted by Gasteiger charge is -2.10. The molecule has 0 N–H and O–H groups in total. The van der Waals surface area contributed by atoms with Gasteiger partial charge in [-0.25, -0.2) is 0 Å². The van der Waals surface area contributed by atoms with E-state index in [-0.39, 0.29) is 13.0 Å². The Balaban J connectivity index is 3.88. The van der Waals surface area contributed by atoms with E-state index in [0.29, 0.717) is 0 Å². The molecule has 0 aliphatic rings. The van der Waals surface area contributed by atoms with Crippen LogP contribution in [-0.2, 0) is 18.8 Å². The van der Waals surface area contributed by atoms with Gasteiger partial charge < -0.3 is 4.74 Å². The summed E-state index contributed by atoms with van der Waals surface area (Å²) in [6.45, 7) is 0.0263. The fraction of sp³-hybridized carbons (Fsp3) is 0.800. The molecule has 0 spiro atoms. The van der Waals surface area contributed by atoms with Crippen molar-refractivity contribution in [3.63, 3.8) is 0 Å². The maximum Gasteiger partial charge on any atom is 0.306 e. The van der Waals surface area contributed by atoms with Crippen LogP contribution in [0.2, 0.25) is 0 Å². The van der Waals surface area contributed by atoms with Gasteiger partial charge in [-0.2, -0.15) is 12.7 Å². The maximum absolute atomic E-state index is 10.6. The summed E-state index contributed by atoms with van der Waals surface area (Å²) in [5.41, 5.74) is 0. The molecule has 0 aliphatic carbocycles. The van der Waals surface area contributed by atoms with Crippen LogP contribution >= 0.6 is 10.7 Å². The second-order valence-electron chi connectivity index (χ2n) is 2.09. The summed E-state index contributed by atoms with van der Waals surface area (Å²) in [5, 5.41) is 0. The van der Waals surface area contributed by atoms with Crippen LogP contribution in [-0.4, -0.2) is 39.4 Å². The lowest BCUT2D eigenvalue weighted by Crippen LogP contribution is -2.25. The average Bonchev–Trinajstić information content (AvgIpc) is 1.97. The molecule has 7 heteroatoms. The van der Waals surface area contributed by atoms with Gasteiger partial charge in [0.05, 0.1) is 13.5 Å². The molecule has 0 atom stereocenters. The van der Waals surface area contributed by atoms with Crippen LogP contribution in [0.3, 0.4) is 0 Å². The fourth-order valence-corrected chi connectivity index (χ4v) is 0.976. The molecule has 72 valence electrons. The van der Waals surface area contributed by atoms with Gasteiger partial charge in [-0.05, 0) is 0 Å². The van der Waals surface area contributed by atoms with Crippen molar-refractivity contribution in [2.24, 2.45) is 0 Å². The highest BCUT2D eigenvalue weighted by Crippen LogP contribution is 2.03. The van der Waals surface area contributed by atoms with Crippen LogP contribution in [0.4, 0.5) is 0 Å². The molecule has 0 aromatic carbocycles. The van der Waals surface area contributed by atoms with Crippen LogP contribution in [0.25, 0.3) is 0 Å². The summed E-state index contributed by atoms with van der Waals surface area (Å²) in [5.74, 6) is -0.470. The number of rotatable bonds is 4. The molecule has 0 bridgehead atoms. The molecule has 0 heterocycles. The topological polar surface area (TPSA) is 63.7 Å². The highest BCUT2D eigenvalue weighted by atomic mass is 35.7. The number of hydrogen-bond acceptors (Lipinski definition) is 4. The molecule has 0 rings (SSSR count). The van der Waals surface area contributed by atoms with Crippen molar-refractivity contribution in [2.45, 2.75) is 6.42 Å². The van der Waals surface area contributed by atoms with E-state index >= 15 is 0 Å². The number of halogens is 1. The molecular formula is C5H10ClNO4S. The highest BCUT2D eigenvalue weighted by Gasteiger charge is 2.14. The highest BCUT2D eigenvalue weighted by molar-refractivity contribution is 8.11. The maximum atomic E-state index is 10.6. The van der Waals surface area contributed by atoms with E-state index < -0.39 is 15.2 Å². The Labute approximate surface area is 75.8 Å². The Morgan fingerprint density at radius 3 is 2.42 bits per heavy atom. The molecule has 0 aliphatic heterocycles. The lowest BCUT2D eigenvalue weighted by atomic mass is 10.4. The predicted molar refractivity (Wildman–Crippen MR) is 44.0 cm³/mol. The number of carbonyl (C=O) groups excluding carboxylic acids is 1. The number of nitrogens with zero attached hydrogens (tertiary/aromatic N) is 1. The lowest BCUT2D eigenvalue weighted by molar-refractivity contribution is -0.140. The van der Waals surface area contributed by atoms with Crippen molar-refractivity contribution in [3.8, 4) is 0 Å². The summed E-state index contributed by atoms with van der Waals surface area (Å²) in [6, 6.07) is 0. The normalized spacial score (nSPS) is 11.7. The minimum Gasteiger partial charge on any atom is -0.469 e. The number of hydrogen-bond donors (Lipinski definition) is 0. The van der Waals surface area contributed by atoms with Crippen molar-refractivity contribution in [1.29, 1.82) is 0 Å². The van der Waals surface area contributed by atoms with Crippen molar-refractivity contribution >= 4 is 25.9 Å². The van der Waals surface area contributed by atoms with E-state index in [1.807, 2.05) is 0 Å². The Hall–Kier alpha value is -0.330. The van der Waals surface area contributed by atoms with Crippen LogP contribution in [0.15, 0.2) is 0 Å². The Morgan fingerprint density at radius 1 is 1.58 bits per heavy atom. The van der Waals surface area contributed by atoms with E-state index in [1.165, 1.54) is 14.2 Å². The molecule has 0 saturated carbocycles. The van der Waals surface area contributed by atoms with Crippen LogP contribution in [0, 0.1) is 0 Å². The largest absolute Gasteiger partial charge is 0.469 e. The number of methoxy groups -OCH3 is 1. The molecule has 0 aromatic rings. The minimum absolute atomic E-state index is 0.00104. The third-order valence-electron chi connectivity index (χ3n) is 1.23. The standard InChI is InChI=1S/C5H10ClNO4S/c1-7(12(6,9)10)4-3-5(8)11-2/h3-4H2,1-2H3. The van der Waals surface area contributed by atoms with E-state index in [9.17, 15) is 13.2 Å². The van der Waals surface area contributed by atoms with Gasteiger partial charge in [0.2, 0.25) is 0 Å². The third-order valence-corrected chi connectivity index (χ3v) is 2.86. The summed E-state index contributed by atoms with van der Waals surface area (Å²) < 4.78 is 26.3. The van der Waals surface area contributed by atoms with Gasteiger partial charge >= 0.3 is 5.97 Å². The van der Waals surface area contributed by atoms with Gasteiger partial charge in [0.25, 0.3) is 9.24 Å². The molecule has 0 unspecified atom stereocenters. The molecular weight excluding hydrogens is 206 g/mol. The van der Waals surface area contributed by atoms with Gasteiger partial charge in [0.15, 0.2) is 0 Å². The zero-order valence-electron chi connectivity index (χ0n) is 6.78. The second-order valence-corrected chi connectivity index (χ2v) is 4.71. The van der Waals surface area contributed by atoms with Gasteiger partial charge in [0.1, 0.15) is 0 Å². The Bertz CT molecular complexity index is 250. The molecule has 0 amide bonds. The van der Waals surface area contributed by atoms with Gasteiger partial charge in [0, 0.05) is 24.3 Å². The first-order valence-corrected chi connectivity index (χ1v) is 5.37. The SMILES string of the molecule is COC(=O)CCN(C)S(=O)(=O)Cl. The average molecular weight is 216 g/mol. The van der Waals surface area contributed by atoms with E-state index in [4.69, 9.17) is 10.7 Å². The summed E-state index contributed by atoms with van der Waals surface area (Å²) in [6.07, 6.45) is -0.00104. The Morgan fingerprint density at radius 2 is 2.08 bits per heavy atom. The fourth-order valence-electron chi connectivity index (χ4n) is 0.460. The number of esters is 1. The van der Waals surface area contributed by atoms with E-state index in [0.717, 1.165) is 4.31 Å². The van der Waals surface area contributed by atoms with Crippen molar-refractivity contribution in [2.75, 3.05) is 20.7 Å². The summed E-state index contributed by atoms with van der Waals surface area (Å²) in [4.78, 5) is 10.6. The summed E-state index contributed by atoms with van der Waals surface area (Å²) >= 11 is 0. The molecule has 5 nitrogen and oxygen atoms in total. The van der Waals surface area contributed by atoms with Crippen LogP contribution in [0.5, 0.6) is 0 Å². The quantitative estimate of drug-likeness (QED) is 0.488. The second kappa shape index (κ2) is 4.64. The molecule has 0 aromatic heterocycles. The monoisotopic (exact) mass is 215 g/mol. The van der Waals surface area contributed by atoms with E-state index in [2.05, 4.69) is 4.74 Å². The van der Waals surface area contributed by atoms with Gasteiger partial charge in [-0.1, -0.05) is 0 Å². The Kier molecular flexibility index (Phi) is 4.51. The first-order valence-electron chi connectivity index (χ1n) is 3.10. The number of ether oxygens (including phenoxy) is 1. The van der Waals surface area contributed by atoms with Crippen molar-refractivity contribution in [1.82, 2.24) is 4.31 Å². The van der Waals surface area contributed by atoms with Crippen molar-refractivity contribution in [3.05, 3.63) is 0 Å². The third kappa shape index (κ3) is 4.53. The first kappa shape index (κ1) is 11.7. The van der Waals surface area contributed by atoms with E-state index in [1.54, 1.807) is 0 Å². The van der Waals surface area contributed by atoms with Crippen molar-refractivity contribution < 1.29 is 17.9 Å². The minimum atomic E-state index is -3.71. The molecule has 0 radical (unpaired) electrons. The molecule has 12 heavy (non-hydrogen) atoms. The van der Waals surface area contributed by atoms with Crippen LogP contribution < -0.4 is 0 Å².